The monoisotopic (exact) mass is 446 g/mol. The molecule has 0 aliphatic rings. The van der Waals surface area contributed by atoms with Gasteiger partial charge in [-0.2, -0.15) is 0 Å². The van der Waals surface area contributed by atoms with Crippen molar-refractivity contribution in [2.75, 3.05) is 18.1 Å². The number of thiazole rings is 1. The van der Waals surface area contributed by atoms with E-state index >= 15 is 0 Å². The maximum Gasteiger partial charge on any atom is 0.233 e. The molecule has 4 rings (SSSR count). The van der Waals surface area contributed by atoms with Crippen LogP contribution in [0.15, 0.2) is 72.8 Å². The first-order chi connectivity index (χ1) is 15.7. The number of fused-ring (bicyclic) bond motifs is 1. The van der Waals surface area contributed by atoms with Crippen LogP contribution in [0.2, 0.25) is 0 Å². The van der Waals surface area contributed by atoms with Gasteiger partial charge in [-0.1, -0.05) is 53.8 Å². The highest BCUT2D eigenvalue weighted by Crippen LogP contribution is 2.32. The molecule has 0 saturated carbocycles. The molecule has 0 saturated heterocycles. The van der Waals surface area contributed by atoms with Gasteiger partial charge in [0.15, 0.2) is 5.13 Å². The van der Waals surface area contributed by atoms with Gasteiger partial charge in [-0.15, -0.1) is 0 Å². The molecule has 0 spiro atoms. The molecule has 164 valence electrons. The Morgan fingerprint density at radius 2 is 1.56 bits per heavy atom. The molecular weight excluding hydrogens is 420 g/mol. The zero-order valence-corrected chi connectivity index (χ0v) is 19.1. The van der Waals surface area contributed by atoms with Crippen molar-refractivity contribution in [2.45, 2.75) is 26.8 Å². The number of carbonyl (C=O) groups excluding carboxylic acids is 1. The smallest absolute Gasteiger partial charge is 0.233 e. The van der Waals surface area contributed by atoms with Crippen molar-refractivity contribution in [2.24, 2.45) is 0 Å². The van der Waals surface area contributed by atoms with Crippen LogP contribution in [-0.2, 0) is 17.8 Å². The summed E-state index contributed by atoms with van der Waals surface area (Å²) in [5.41, 5.74) is 2.86. The first kappa shape index (κ1) is 21.8. The van der Waals surface area contributed by atoms with Gasteiger partial charge in [0.1, 0.15) is 11.5 Å². The summed E-state index contributed by atoms with van der Waals surface area (Å²) in [5, 5.41) is 0.688. The van der Waals surface area contributed by atoms with Crippen molar-refractivity contribution in [1.82, 2.24) is 4.98 Å². The fraction of sp³-hybridized carbons (Fsp3) is 0.231. The Balaban J connectivity index is 1.62. The third-order valence-corrected chi connectivity index (χ3v) is 6.01. The predicted octanol–water partition coefficient (Wildman–Crippen LogP) is 5.87. The van der Waals surface area contributed by atoms with E-state index in [9.17, 15) is 4.79 Å². The van der Waals surface area contributed by atoms with E-state index in [4.69, 9.17) is 14.5 Å². The third kappa shape index (κ3) is 5.26. The number of carbonyl (C=O) groups is 1. The lowest BCUT2D eigenvalue weighted by Gasteiger charge is -2.20. The van der Waals surface area contributed by atoms with Gasteiger partial charge in [0, 0.05) is 0 Å². The van der Waals surface area contributed by atoms with Crippen LogP contribution in [0.3, 0.4) is 0 Å². The van der Waals surface area contributed by atoms with Crippen LogP contribution in [0.1, 0.15) is 25.0 Å². The normalized spacial score (nSPS) is 10.8. The van der Waals surface area contributed by atoms with Crippen LogP contribution in [-0.4, -0.2) is 24.1 Å². The first-order valence-electron chi connectivity index (χ1n) is 10.8. The van der Waals surface area contributed by atoms with Gasteiger partial charge in [-0.25, -0.2) is 4.98 Å². The molecular formula is C26H26N2O3S. The van der Waals surface area contributed by atoms with E-state index in [0.29, 0.717) is 31.3 Å². The molecule has 0 unspecified atom stereocenters. The summed E-state index contributed by atoms with van der Waals surface area (Å²) in [7, 11) is 0. The molecule has 0 N–H and O–H groups in total. The molecule has 5 nitrogen and oxygen atoms in total. The van der Waals surface area contributed by atoms with Gasteiger partial charge < -0.3 is 9.47 Å². The zero-order chi connectivity index (χ0) is 22.3. The summed E-state index contributed by atoms with van der Waals surface area (Å²) in [4.78, 5) is 19.9. The van der Waals surface area contributed by atoms with Gasteiger partial charge in [0.25, 0.3) is 0 Å². The standard InChI is InChI=1S/C26H26N2O3S/c1-3-30-21-12-10-19(11-13-21)16-25(29)28(18-20-8-6-5-7-9-20)26-27-23-15-14-22(31-4-2)17-24(23)32-26/h5-15,17H,3-4,16,18H2,1-2H3. The van der Waals surface area contributed by atoms with Crippen molar-refractivity contribution in [3.05, 3.63) is 83.9 Å². The van der Waals surface area contributed by atoms with Gasteiger partial charge in [0.05, 0.1) is 36.4 Å². The quantitative estimate of drug-likeness (QED) is 0.323. The summed E-state index contributed by atoms with van der Waals surface area (Å²) < 4.78 is 12.1. The van der Waals surface area contributed by atoms with E-state index in [-0.39, 0.29) is 5.91 Å². The topological polar surface area (TPSA) is 51.7 Å². The van der Waals surface area contributed by atoms with Crippen molar-refractivity contribution >= 4 is 32.6 Å². The Hall–Kier alpha value is -3.38. The maximum absolute atomic E-state index is 13.4. The highest BCUT2D eigenvalue weighted by Gasteiger charge is 2.21. The number of amides is 1. The van der Waals surface area contributed by atoms with Crippen LogP contribution in [0.4, 0.5) is 5.13 Å². The number of ether oxygens (including phenoxy) is 2. The Bertz CT molecular complexity index is 1170. The lowest BCUT2D eigenvalue weighted by molar-refractivity contribution is -0.118. The third-order valence-electron chi connectivity index (χ3n) is 4.96. The predicted molar refractivity (Wildman–Crippen MR) is 130 cm³/mol. The molecule has 0 fully saturated rings. The number of nitrogens with zero attached hydrogens (tertiary/aromatic N) is 2. The Morgan fingerprint density at radius 3 is 2.28 bits per heavy atom. The van der Waals surface area contributed by atoms with E-state index in [1.165, 1.54) is 11.3 Å². The molecule has 0 radical (unpaired) electrons. The molecule has 0 aliphatic carbocycles. The summed E-state index contributed by atoms with van der Waals surface area (Å²) in [5.74, 6) is 1.62. The minimum atomic E-state index is 0.00195. The second kappa shape index (κ2) is 10.3. The Morgan fingerprint density at radius 1 is 0.875 bits per heavy atom. The van der Waals surface area contributed by atoms with Gasteiger partial charge in [-0.3, -0.25) is 9.69 Å². The second-order valence-electron chi connectivity index (χ2n) is 7.28. The number of benzene rings is 3. The average molecular weight is 447 g/mol. The molecule has 0 aliphatic heterocycles. The maximum atomic E-state index is 13.4. The molecule has 32 heavy (non-hydrogen) atoms. The second-order valence-corrected chi connectivity index (χ2v) is 8.29. The van der Waals surface area contributed by atoms with Crippen molar-refractivity contribution < 1.29 is 14.3 Å². The SMILES string of the molecule is CCOc1ccc(CC(=O)N(Cc2ccccc2)c2nc3ccc(OCC)cc3s2)cc1. The summed E-state index contributed by atoms with van der Waals surface area (Å²) in [6, 6.07) is 23.5. The molecule has 1 aromatic heterocycles. The highest BCUT2D eigenvalue weighted by molar-refractivity contribution is 7.22. The molecule has 4 aromatic rings. The minimum absolute atomic E-state index is 0.00195. The molecule has 0 bridgehead atoms. The van der Waals surface area contributed by atoms with E-state index in [0.717, 1.165) is 32.8 Å². The molecule has 6 heteroatoms. The number of rotatable bonds is 9. The number of aromatic nitrogens is 1. The van der Waals surface area contributed by atoms with Crippen LogP contribution >= 0.6 is 11.3 Å². The fourth-order valence-corrected chi connectivity index (χ4v) is 4.44. The number of anilines is 1. The highest BCUT2D eigenvalue weighted by atomic mass is 32.1. The largest absolute Gasteiger partial charge is 0.494 e. The lowest BCUT2D eigenvalue weighted by Crippen LogP contribution is -2.31. The van der Waals surface area contributed by atoms with Crippen molar-refractivity contribution in [1.29, 1.82) is 0 Å². The minimum Gasteiger partial charge on any atom is -0.494 e. The zero-order valence-electron chi connectivity index (χ0n) is 18.3. The number of hydrogen-bond acceptors (Lipinski definition) is 5. The first-order valence-corrected chi connectivity index (χ1v) is 11.6. The van der Waals surface area contributed by atoms with Gasteiger partial charge in [0.2, 0.25) is 5.91 Å². The summed E-state index contributed by atoms with van der Waals surface area (Å²) in [6.07, 6.45) is 0.291. The van der Waals surface area contributed by atoms with Crippen LogP contribution in [0.5, 0.6) is 11.5 Å². The summed E-state index contributed by atoms with van der Waals surface area (Å²) >= 11 is 1.51. The van der Waals surface area contributed by atoms with Gasteiger partial charge >= 0.3 is 0 Å². The Labute approximate surface area is 192 Å². The van der Waals surface area contributed by atoms with Crippen LogP contribution in [0.25, 0.3) is 10.2 Å². The van der Waals surface area contributed by atoms with E-state index < -0.39 is 0 Å². The number of hydrogen-bond donors (Lipinski definition) is 0. The van der Waals surface area contributed by atoms with E-state index in [1.807, 2.05) is 86.6 Å². The molecule has 1 amide bonds. The molecule has 0 atom stereocenters. The van der Waals surface area contributed by atoms with Gasteiger partial charge in [-0.05, 0) is 55.3 Å². The molecule has 3 aromatic carbocycles. The van der Waals surface area contributed by atoms with Crippen LogP contribution < -0.4 is 14.4 Å². The average Bonchev–Trinajstić information content (AvgIpc) is 3.23. The summed E-state index contributed by atoms with van der Waals surface area (Å²) in [6.45, 7) is 5.61. The Kier molecular flexibility index (Phi) is 7.02. The van der Waals surface area contributed by atoms with E-state index in [2.05, 4.69) is 0 Å². The lowest BCUT2D eigenvalue weighted by atomic mass is 10.1. The van der Waals surface area contributed by atoms with Crippen LogP contribution in [0, 0.1) is 0 Å². The van der Waals surface area contributed by atoms with E-state index in [1.54, 1.807) is 4.90 Å². The molecule has 1 heterocycles. The fourth-order valence-electron chi connectivity index (χ4n) is 3.43. The van der Waals surface area contributed by atoms with Crippen molar-refractivity contribution in [3.8, 4) is 11.5 Å². The van der Waals surface area contributed by atoms with Crippen molar-refractivity contribution in [3.63, 3.8) is 0 Å².